The Hall–Kier alpha value is -1.78. The topological polar surface area (TPSA) is 44.5 Å². The number of hydrogen-bond acceptors (Lipinski definition) is 3. The zero-order valence-electron chi connectivity index (χ0n) is 10.9. The lowest BCUT2D eigenvalue weighted by Gasteiger charge is -2.11. The highest BCUT2D eigenvalue weighted by molar-refractivity contribution is 7.80. The van der Waals surface area contributed by atoms with Crippen molar-refractivity contribution < 1.29 is 9.47 Å². The largest absolute Gasteiger partial charge is 0.496 e. The number of methoxy groups -OCH3 is 1. The molecule has 0 aliphatic heterocycles. The normalized spacial score (nSPS) is 10.1. The summed E-state index contributed by atoms with van der Waals surface area (Å²) < 4.78 is 10.9. The summed E-state index contributed by atoms with van der Waals surface area (Å²) in [6, 6.07) is 12.9. The Kier molecular flexibility index (Phi) is 4.82. The van der Waals surface area contributed by atoms with Crippen LogP contribution in [-0.2, 0) is 6.61 Å². The Morgan fingerprint density at radius 1 is 1.20 bits per heavy atom. The van der Waals surface area contributed by atoms with Gasteiger partial charge in [-0.15, -0.1) is 0 Å². The molecule has 0 aromatic heterocycles. The fraction of sp³-hybridized carbons (Fsp3) is 0.133. The maximum absolute atomic E-state index is 6.03. The van der Waals surface area contributed by atoms with Crippen molar-refractivity contribution in [3.63, 3.8) is 0 Å². The molecule has 20 heavy (non-hydrogen) atoms. The molecule has 2 aromatic rings. The summed E-state index contributed by atoms with van der Waals surface area (Å²) in [6.07, 6.45) is 0. The summed E-state index contributed by atoms with van der Waals surface area (Å²) >= 11 is 11.0. The highest BCUT2D eigenvalue weighted by atomic mass is 35.5. The molecule has 5 heteroatoms. The van der Waals surface area contributed by atoms with Crippen molar-refractivity contribution in [3.05, 3.63) is 58.6 Å². The first kappa shape index (κ1) is 14.6. The third-order valence-electron chi connectivity index (χ3n) is 2.76. The molecular weight excluding hydrogens is 294 g/mol. The number of benzene rings is 2. The molecule has 0 spiro atoms. The van der Waals surface area contributed by atoms with Gasteiger partial charge in [0.15, 0.2) is 0 Å². The molecule has 0 saturated carbocycles. The fourth-order valence-corrected chi connectivity index (χ4v) is 2.11. The van der Waals surface area contributed by atoms with Gasteiger partial charge in [0, 0.05) is 0 Å². The summed E-state index contributed by atoms with van der Waals surface area (Å²) in [7, 11) is 1.58. The first-order valence-electron chi connectivity index (χ1n) is 5.96. The molecule has 0 amide bonds. The molecule has 0 atom stereocenters. The Labute approximate surface area is 128 Å². The van der Waals surface area contributed by atoms with Crippen LogP contribution in [0.5, 0.6) is 11.5 Å². The molecule has 0 heterocycles. The summed E-state index contributed by atoms with van der Waals surface area (Å²) in [5, 5.41) is 0.579. The van der Waals surface area contributed by atoms with Gasteiger partial charge in [-0.05, 0) is 29.8 Å². The molecule has 0 aliphatic rings. The number of ether oxygens (including phenoxy) is 2. The number of hydrogen-bond donors (Lipinski definition) is 1. The van der Waals surface area contributed by atoms with Crippen molar-refractivity contribution in [2.45, 2.75) is 6.61 Å². The van der Waals surface area contributed by atoms with Gasteiger partial charge < -0.3 is 15.2 Å². The average molecular weight is 308 g/mol. The molecule has 0 radical (unpaired) electrons. The van der Waals surface area contributed by atoms with E-state index in [1.54, 1.807) is 13.2 Å². The van der Waals surface area contributed by atoms with E-state index >= 15 is 0 Å². The summed E-state index contributed by atoms with van der Waals surface area (Å²) in [4.78, 5) is 0.293. The second-order valence-electron chi connectivity index (χ2n) is 4.12. The lowest BCUT2D eigenvalue weighted by Crippen LogP contribution is -2.12. The second kappa shape index (κ2) is 6.59. The van der Waals surface area contributed by atoms with Crippen molar-refractivity contribution in [1.82, 2.24) is 0 Å². The van der Waals surface area contributed by atoms with Gasteiger partial charge >= 0.3 is 0 Å². The molecule has 2 N–H and O–H groups in total. The van der Waals surface area contributed by atoms with E-state index in [4.69, 9.17) is 39.0 Å². The van der Waals surface area contributed by atoms with Crippen LogP contribution in [0.4, 0.5) is 0 Å². The van der Waals surface area contributed by atoms with E-state index in [2.05, 4.69) is 0 Å². The number of para-hydroxylation sites is 1. The highest BCUT2D eigenvalue weighted by Crippen LogP contribution is 2.25. The van der Waals surface area contributed by atoms with Gasteiger partial charge in [0.05, 0.1) is 17.7 Å². The van der Waals surface area contributed by atoms with E-state index in [0.29, 0.717) is 33.7 Å². The van der Waals surface area contributed by atoms with Gasteiger partial charge in [0.2, 0.25) is 0 Å². The third kappa shape index (κ3) is 3.40. The molecular formula is C15H14ClNO2S. The molecule has 3 nitrogen and oxygen atoms in total. The van der Waals surface area contributed by atoms with Crippen molar-refractivity contribution in [3.8, 4) is 11.5 Å². The van der Waals surface area contributed by atoms with Gasteiger partial charge in [-0.3, -0.25) is 0 Å². The van der Waals surface area contributed by atoms with E-state index in [9.17, 15) is 0 Å². The van der Waals surface area contributed by atoms with Gasteiger partial charge in [-0.25, -0.2) is 0 Å². The minimum atomic E-state index is 0.293. The smallest absolute Gasteiger partial charge is 0.138 e. The highest BCUT2D eigenvalue weighted by Gasteiger charge is 2.08. The zero-order chi connectivity index (χ0) is 14.5. The predicted octanol–water partition coefficient (Wildman–Crippen LogP) is 3.56. The van der Waals surface area contributed by atoms with Gasteiger partial charge in [-0.2, -0.15) is 0 Å². The zero-order valence-corrected chi connectivity index (χ0v) is 12.5. The van der Waals surface area contributed by atoms with E-state index in [1.807, 2.05) is 36.4 Å². The van der Waals surface area contributed by atoms with Crippen LogP contribution < -0.4 is 15.2 Å². The molecule has 0 saturated heterocycles. The number of halogens is 1. The Bertz CT molecular complexity index is 631. The van der Waals surface area contributed by atoms with Gasteiger partial charge in [0.25, 0.3) is 0 Å². The van der Waals surface area contributed by atoms with E-state index in [-0.39, 0.29) is 0 Å². The van der Waals surface area contributed by atoms with Crippen LogP contribution in [-0.4, -0.2) is 12.1 Å². The van der Waals surface area contributed by atoms with Crippen LogP contribution >= 0.6 is 23.8 Å². The van der Waals surface area contributed by atoms with E-state index < -0.39 is 0 Å². The SMILES string of the molecule is COc1ccc(COc2ccccc2Cl)cc1C(N)=S. The van der Waals surface area contributed by atoms with E-state index in [1.165, 1.54) is 0 Å². The van der Waals surface area contributed by atoms with Crippen molar-refractivity contribution in [2.75, 3.05) is 7.11 Å². The lowest BCUT2D eigenvalue weighted by atomic mass is 10.1. The first-order valence-corrected chi connectivity index (χ1v) is 6.74. The number of rotatable bonds is 5. The van der Waals surface area contributed by atoms with Crippen LogP contribution in [0.25, 0.3) is 0 Å². The Morgan fingerprint density at radius 3 is 2.60 bits per heavy atom. The maximum atomic E-state index is 6.03. The number of thiocarbonyl (C=S) groups is 1. The van der Waals surface area contributed by atoms with Crippen molar-refractivity contribution in [1.29, 1.82) is 0 Å². The summed E-state index contributed by atoms with van der Waals surface area (Å²) in [6.45, 7) is 0.378. The summed E-state index contributed by atoms with van der Waals surface area (Å²) in [5.74, 6) is 1.29. The van der Waals surface area contributed by atoms with E-state index in [0.717, 1.165) is 5.56 Å². The molecule has 2 aromatic carbocycles. The lowest BCUT2D eigenvalue weighted by molar-refractivity contribution is 0.306. The fourth-order valence-electron chi connectivity index (χ4n) is 1.76. The molecule has 0 unspecified atom stereocenters. The molecule has 0 fully saturated rings. The molecule has 0 bridgehead atoms. The van der Waals surface area contributed by atoms with Crippen LogP contribution in [0.3, 0.4) is 0 Å². The van der Waals surface area contributed by atoms with Crippen LogP contribution in [0.15, 0.2) is 42.5 Å². The first-order chi connectivity index (χ1) is 9.61. The monoisotopic (exact) mass is 307 g/mol. The van der Waals surface area contributed by atoms with Crippen LogP contribution in [0.2, 0.25) is 5.02 Å². The molecule has 2 rings (SSSR count). The Morgan fingerprint density at radius 2 is 1.95 bits per heavy atom. The number of nitrogens with two attached hydrogens (primary N) is 1. The third-order valence-corrected chi connectivity index (χ3v) is 3.29. The maximum Gasteiger partial charge on any atom is 0.138 e. The predicted molar refractivity (Wildman–Crippen MR) is 84.7 cm³/mol. The van der Waals surface area contributed by atoms with Gasteiger partial charge in [-0.1, -0.05) is 42.0 Å². The molecule has 0 aliphatic carbocycles. The summed E-state index contributed by atoms with van der Waals surface area (Å²) in [5.41, 5.74) is 7.32. The standard InChI is InChI=1S/C15H14ClNO2S/c1-18-13-7-6-10(8-11(13)15(17)20)9-19-14-5-3-2-4-12(14)16/h2-8H,9H2,1H3,(H2,17,20). The minimum Gasteiger partial charge on any atom is -0.496 e. The second-order valence-corrected chi connectivity index (χ2v) is 4.97. The quantitative estimate of drug-likeness (QED) is 0.858. The van der Waals surface area contributed by atoms with Gasteiger partial charge in [0.1, 0.15) is 23.1 Å². The van der Waals surface area contributed by atoms with Crippen molar-refractivity contribution in [2.24, 2.45) is 5.73 Å². The molecule has 104 valence electrons. The van der Waals surface area contributed by atoms with Crippen LogP contribution in [0, 0.1) is 0 Å². The van der Waals surface area contributed by atoms with Crippen molar-refractivity contribution >= 4 is 28.8 Å². The minimum absolute atomic E-state index is 0.293. The average Bonchev–Trinajstić information content (AvgIpc) is 2.46. The Balaban J connectivity index is 2.16. The van der Waals surface area contributed by atoms with Crippen LogP contribution in [0.1, 0.15) is 11.1 Å².